The van der Waals surface area contributed by atoms with E-state index < -0.39 is 0 Å². The number of hydrogen-bond donors (Lipinski definition) is 0. The summed E-state index contributed by atoms with van der Waals surface area (Å²) in [5.74, 6) is 0.269. The number of nitrogens with zero attached hydrogens (tertiary/aromatic N) is 4. The van der Waals surface area contributed by atoms with Gasteiger partial charge in [-0.05, 0) is 6.92 Å². The smallest absolute Gasteiger partial charge is 0.248 e. The van der Waals surface area contributed by atoms with Gasteiger partial charge in [0.15, 0.2) is 5.82 Å². The predicted octanol–water partition coefficient (Wildman–Crippen LogP) is 0.867. The van der Waals surface area contributed by atoms with E-state index in [9.17, 15) is 4.79 Å². The Balaban J connectivity index is 2.32. The zero-order valence-electron chi connectivity index (χ0n) is 8.71. The summed E-state index contributed by atoms with van der Waals surface area (Å²) < 4.78 is 3.55. The molecule has 0 aliphatic rings. The molecular formula is C10H12N4O. The molecule has 5 nitrogen and oxygen atoms in total. The molecule has 0 aliphatic heterocycles. The summed E-state index contributed by atoms with van der Waals surface area (Å²) in [6.45, 7) is 2.80. The first kappa shape index (κ1) is 9.64. The minimum atomic E-state index is -0.144. The Kier molecular flexibility index (Phi) is 2.37. The Labute approximate surface area is 87.4 Å². The number of hydrogen-bond acceptors (Lipinski definition) is 3. The molecular weight excluding hydrogens is 192 g/mol. The van der Waals surface area contributed by atoms with Crippen LogP contribution in [0.4, 0.5) is 0 Å². The molecule has 2 heterocycles. The highest BCUT2D eigenvalue weighted by Gasteiger charge is 2.15. The largest absolute Gasteiger partial charge is 0.337 e. The first-order chi connectivity index (χ1) is 7.22. The lowest BCUT2D eigenvalue weighted by atomic mass is 10.3. The van der Waals surface area contributed by atoms with Gasteiger partial charge in [-0.15, -0.1) is 0 Å². The second-order valence-corrected chi connectivity index (χ2v) is 3.28. The van der Waals surface area contributed by atoms with Gasteiger partial charge in [-0.25, -0.2) is 9.97 Å². The van der Waals surface area contributed by atoms with Crippen molar-refractivity contribution in [3.63, 3.8) is 0 Å². The fourth-order valence-corrected chi connectivity index (χ4v) is 1.35. The minimum absolute atomic E-state index is 0.144. The zero-order valence-corrected chi connectivity index (χ0v) is 8.71. The molecule has 0 amide bonds. The number of aromatic nitrogens is 4. The molecule has 15 heavy (non-hydrogen) atoms. The number of imidazole rings is 2. The lowest BCUT2D eigenvalue weighted by molar-refractivity contribution is 0.102. The first-order valence-corrected chi connectivity index (χ1v) is 4.76. The molecule has 2 aromatic heterocycles. The monoisotopic (exact) mass is 204 g/mol. The maximum atomic E-state index is 11.9. The average Bonchev–Trinajstić information content (AvgIpc) is 2.84. The second kappa shape index (κ2) is 3.68. The van der Waals surface area contributed by atoms with Crippen LogP contribution in [-0.4, -0.2) is 24.9 Å². The minimum Gasteiger partial charge on any atom is -0.337 e. The van der Waals surface area contributed by atoms with Crippen LogP contribution in [0.5, 0.6) is 0 Å². The quantitative estimate of drug-likeness (QED) is 0.697. The molecule has 0 unspecified atom stereocenters. The number of ketones is 1. The van der Waals surface area contributed by atoms with Crippen LogP contribution >= 0.6 is 0 Å². The van der Waals surface area contributed by atoms with Crippen LogP contribution in [0, 0.1) is 0 Å². The van der Waals surface area contributed by atoms with Crippen molar-refractivity contribution in [2.24, 2.45) is 7.05 Å². The molecule has 2 rings (SSSR count). The molecule has 2 aromatic rings. The van der Waals surface area contributed by atoms with Crippen LogP contribution in [-0.2, 0) is 13.6 Å². The van der Waals surface area contributed by atoms with Gasteiger partial charge in [0, 0.05) is 32.2 Å². The van der Waals surface area contributed by atoms with E-state index in [4.69, 9.17) is 0 Å². The Morgan fingerprint density at radius 1 is 1.47 bits per heavy atom. The maximum Gasteiger partial charge on any atom is 0.248 e. The van der Waals surface area contributed by atoms with E-state index in [0.717, 1.165) is 6.54 Å². The fourth-order valence-electron chi connectivity index (χ4n) is 1.35. The molecule has 0 atom stereocenters. The van der Waals surface area contributed by atoms with Crippen molar-refractivity contribution in [1.82, 2.24) is 19.1 Å². The first-order valence-electron chi connectivity index (χ1n) is 4.76. The lowest BCUT2D eigenvalue weighted by Gasteiger charge is -1.97. The van der Waals surface area contributed by atoms with Crippen molar-refractivity contribution >= 4 is 5.78 Å². The summed E-state index contributed by atoms with van der Waals surface area (Å²) in [6.07, 6.45) is 6.72. The third-order valence-corrected chi connectivity index (χ3v) is 2.26. The summed E-state index contributed by atoms with van der Waals surface area (Å²) in [4.78, 5) is 19.9. The summed E-state index contributed by atoms with van der Waals surface area (Å²) >= 11 is 0. The third-order valence-electron chi connectivity index (χ3n) is 2.26. The van der Waals surface area contributed by atoms with Gasteiger partial charge in [0.25, 0.3) is 0 Å². The number of carbonyl (C=O) groups excluding carboxylic acids is 1. The zero-order chi connectivity index (χ0) is 10.8. The molecule has 0 saturated carbocycles. The maximum absolute atomic E-state index is 11.9. The number of rotatable bonds is 3. The van der Waals surface area contributed by atoms with Gasteiger partial charge in [0.2, 0.25) is 5.78 Å². The highest BCUT2D eigenvalue weighted by atomic mass is 16.1. The van der Waals surface area contributed by atoms with E-state index in [-0.39, 0.29) is 5.78 Å². The third kappa shape index (κ3) is 1.68. The van der Waals surface area contributed by atoms with Gasteiger partial charge < -0.3 is 9.13 Å². The number of carbonyl (C=O) groups is 1. The van der Waals surface area contributed by atoms with Gasteiger partial charge in [-0.2, -0.15) is 0 Å². The fraction of sp³-hybridized carbons (Fsp3) is 0.300. The Bertz CT molecular complexity index is 483. The normalized spacial score (nSPS) is 10.5. The molecule has 0 spiro atoms. The predicted molar refractivity (Wildman–Crippen MR) is 54.5 cm³/mol. The van der Waals surface area contributed by atoms with Crippen LogP contribution < -0.4 is 0 Å². The van der Waals surface area contributed by atoms with E-state index in [1.165, 1.54) is 0 Å². The highest BCUT2D eigenvalue weighted by Crippen LogP contribution is 2.05. The van der Waals surface area contributed by atoms with Crippen molar-refractivity contribution in [3.05, 3.63) is 36.4 Å². The van der Waals surface area contributed by atoms with Crippen LogP contribution in [0.1, 0.15) is 23.2 Å². The van der Waals surface area contributed by atoms with Crippen molar-refractivity contribution in [3.8, 4) is 0 Å². The Hall–Kier alpha value is -1.91. The van der Waals surface area contributed by atoms with Crippen LogP contribution in [0.15, 0.2) is 24.9 Å². The summed E-state index contributed by atoms with van der Waals surface area (Å²) in [5, 5.41) is 0. The van der Waals surface area contributed by atoms with Crippen LogP contribution in [0.25, 0.3) is 0 Å². The van der Waals surface area contributed by atoms with E-state index in [0.29, 0.717) is 11.5 Å². The van der Waals surface area contributed by atoms with E-state index in [1.54, 1.807) is 36.5 Å². The molecule has 0 N–H and O–H groups in total. The molecule has 0 bridgehead atoms. The van der Waals surface area contributed by atoms with Crippen molar-refractivity contribution < 1.29 is 4.79 Å². The lowest BCUT2D eigenvalue weighted by Crippen LogP contribution is -2.09. The topological polar surface area (TPSA) is 52.7 Å². The standard InChI is InChI=1S/C10H12N4O/c1-3-14-6-8(12-7-14)9(15)10-11-4-5-13(10)2/h4-7H,3H2,1-2H3. The van der Waals surface area contributed by atoms with E-state index >= 15 is 0 Å². The molecule has 0 aromatic carbocycles. The molecule has 0 saturated heterocycles. The molecule has 0 radical (unpaired) electrons. The molecule has 78 valence electrons. The Morgan fingerprint density at radius 3 is 2.80 bits per heavy atom. The highest BCUT2D eigenvalue weighted by molar-refractivity contribution is 6.05. The van der Waals surface area contributed by atoms with Gasteiger partial charge in [-0.3, -0.25) is 4.79 Å². The van der Waals surface area contributed by atoms with Gasteiger partial charge >= 0.3 is 0 Å². The van der Waals surface area contributed by atoms with Crippen molar-refractivity contribution in [2.75, 3.05) is 0 Å². The van der Waals surface area contributed by atoms with Crippen LogP contribution in [0.2, 0.25) is 0 Å². The van der Waals surface area contributed by atoms with Crippen molar-refractivity contribution in [1.29, 1.82) is 0 Å². The molecule has 0 aliphatic carbocycles. The summed E-state index contributed by atoms with van der Waals surface area (Å²) in [6, 6.07) is 0. The molecule has 0 fully saturated rings. The van der Waals surface area contributed by atoms with Crippen LogP contribution in [0.3, 0.4) is 0 Å². The van der Waals surface area contributed by atoms with E-state index in [1.807, 2.05) is 11.5 Å². The van der Waals surface area contributed by atoms with Gasteiger partial charge in [-0.1, -0.05) is 0 Å². The summed E-state index contributed by atoms with van der Waals surface area (Å²) in [7, 11) is 1.79. The second-order valence-electron chi connectivity index (χ2n) is 3.28. The van der Waals surface area contributed by atoms with Crippen molar-refractivity contribution in [2.45, 2.75) is 13.5 Å². The number of aryl methyl sites for hydroxylation is 2. The SMILES string of the molecule is CCn1cnc(C(=O)c2nccn2C)c1. The summed E-state index contributed by atoms with van der Waals surface area (Å²) in [5.41, 5.74) is 0.436. The molecule has 5 heteroatoms. The average molecular weight is 204 g/mol. The van der Waals surface area contributed by atoms with Gasteiger partial charge in [0.1, 0.15) is 5.69 Å². The van der Waals surface area contributed by atoms with E-state index in [2.05, 4.69) is 9.97 Å². The Morgan fingerprint density at radius 2 is 2.27 bits per heavy atom. The van der Waals surface area contributed by atoms with Gasteiger partial charge in [0.05, 0.1) is 6.33 Å².